The highest BCUT2D eigenvalue weighted by Crippen LogP contribution is 2.27. The second-order valence-electron chi connectivity index (χ2n) is 7.71. The molecule has 0 fully saturated rings. The molecule has 0 atom stereocenters. The summed E-state index contributed by atoms with van der Waals surface area (Å²) in [6.45, 7) is 3.37. The van der Waals surface area contributed by atoms with Gasteiger partial charge in [-0.05, 0) is 42.8 Å². The molecule has 0 spiro atoms. The van der Waals surface area contributed by atoms with Gasteiger partial charge >= 0.3 is 0 Å². The lowest BCUT2D eigenvalue weighted by Crippen LogP contribution is -2.32. The van der Waals surface area contributed by atoms with Gasteiger partial charge in [0, 0.05) is 6.54 Å². The van der Waals surface area contributed by atoms with Crippen molar-refractivity contribution in [2.75, 3.05) is 19.8 Å². The summed E-state index contributed by atoms with van der Waals surface area (Å²) in [7, 11) is 0. The van der Waals surface area contributed by atoms with E-state index < -0.39 is 0 Å². The molecular weight excluding hydrogens is 466 g/mol. The summed E-state index contributed by atoms with van der Waals surface area (Å²) < 4.78 is 17.4. The van der Waals surface area contributed by atoms with E-state index in [0.29, 0.717) is 53.4 Å². The van der Waals surface area contributed by atoms with Crippen LogP contribution < -0.4 is 9.47 Å². The number of benzene rings is 3. The van der Waals surface area contributed by atoms with Crippen LogP contribution >= 0.6 is 11.6 Å². The minimum atomic E-state index is -0.177. The first-order valence-electron chi connectivity index (χ1n) is 11.4. The van der Waals surface area contributed by atoms with Gasteiger partial charge in [-0.1, -0.05) is 61.0 Å². The molecule has 1 aromatic heterocycles. The standard InChI is InChI=1S/C27H26ClN3O4/c1-2-16-31(19-25-29-30-26(35-25)21-12-6-8-14-23(21)28)27(32)22-13-7-9-15-24(22)34-18-17-33-20-10-4-3-5-11-20/h3-15H,2,16-19H2,1H3. The SMILES string of the molecule is CCCN(Cc1nnc(-c2ccccc2Cl)o1)C(=O)c1ccccc1OCCOc1ccccc1. The molecule has 0 bridgehead atoms. The van der Waals surface area contributed by atoms with Crippen molar-refractivity contribution in [3.05, 3.63) is 95.3 Å². The average Bonchev–Trinajstić information content (AvgIpc) is 3.35. The third-order valence-electron chi connectivity index (χ3n) is 5.15. The van der Waals surface area contributed by atoms with Gasteiger partial charge in [0.05, 0.1) is 22.7 Å². The van der Waals surface area contributed by atoms with Crippen molar-refractivity contribution in [2.24, 2.45) is 0 Å². The summed E-state index contributed by atoms with van der Waals surface area (Å²) in [6, 6.07) is 23.9. The Balaban J connectivity index is 1.43. The summed E-state index contributed by atoms with van der Waals surface area (Å²) in [5, 5.41) is 8.75. The molecule has 0 aliphatic rings. The van der Waals surface area contributed by atoms with E-state index in [1.165, 1.54) is 0 Å². The van der Waals surface area contributed by atoms with Gasteiger partial charge < -0.3 is 18.8 Å². The van der Waals surface area contributed by atoms with Gasteiger partial charge in [0.25, 0.3) is 5.91 Å². The summed E-state index contributed by atoms with van der Waals surface area (Å²) in [5.41, 5.74) is 1.12. The van der Waals surface area contributed by atoms with Crippen LogP contribution in [-0.2, 0) is 6.54 Å². The lowest BCUT2D eigenvalue weighted by Gasteiger charge is -2.22. The van der Waals surface area contributed by atoms with Crippen LogP contribution in [0.15, 0.2) is 83.3 Å². The smallest absolute Gasteiger partial charge is 0.258 e. The Morgan fingerprint density at radius 2 is 1.63 bits per heavy atom. The number of aromatic nitrogens is 2. The van der Waals surface area contributed by atoms with E-state index in [9.17, 15) is 4.79 Å². The van der Waals surface area contributed by atoms with Crippen molar-refractivity contribution in [1.29, 1.82) is 0 Å². The maximum atomic E-state index is 13.4. The molecule has 1 heterocycles. The molecule has 8 heteroatoms. The molecule has 7 nitrogen and oxygen atoms in total. The number of halogens is 1. The molecule has 35 heavy (non-hydrogen) atoms. The number of carbonyl (C=O) groups excluding carboxylic acids is 1. The zero-order valence-electron chi connectivity index (χ0n) is 19.4. The van der Waals surface area contributed by atoms with Crippen LogP contribution in [0.4, 0.5) is 0 Å². The van der Waals surface area contributed by atoms with Crippen LogP contribution in [0.5, 0.6) is 11.5 Å². The molecule has 4 aromatic rings. The average molecular weight is 492 g/mol. The molecule has 0 unspecified atom stereocenters. The number of ether oxygens (including phenoxy) is 2. The fourth-order valence-electron chi connectivity index (χ4n) is 3.51. The van der Waals surface area contributed by atoms with Gasteiger partial charge in [-0.3, -0.25) is 4.79 Å². The molecule has 0 aliphatic carbocycles. The highest BCUT2D eigenvalue weighted by atomic mass is 35.5. The molecule has 0 radical (unpaired) electrons. The third-order valence-corrected chi connectivity index (χ3v) is 5.48. The number of carbonyl (C=O) groups is 1. The van der Waals surface area contributed by atoms with Gasteiger partial charge in [0.15, 0.2) is 0 Å². The quantitative estimate of drug-likeness (QED) is 0.243. The molecule has 1 amide bonds. The largest absolute Gasteiger partial charge is 0.490 e. The topological polar surface area (TPSA) is 77.7 Å². The first-order valence-corrected chi connectivity index (χ1v) is 11.8. The van der Waals surface area contributed by atoms with E-state index >= 15 is 0 Å². The molecule has 3 aromatic carbocycles. The van der Waals surface area contributed by atoms with Gasteiger partial charge in [0.1, 0.15) is 24.7 Å². The van der Waals surface area contributed by atoms with Crippen molar-refractivity contribution in [1.82, 2.24) is 15.1 Å². The third kappa shape index (κ3) is 6.39. The predicted octanol–water partition coefficient (Wildman–Crippen LogP) is 5.90. The molecule has 0 aliphatic heterocycles. The summed E-state index contributed by atoms with van der Waals surface area (Å²) in [5.74, 6) is 1.74. The highest BCUT2D eigenvalue weighted by Gasteiger charge is 2.22. The van der Waals surface area contributed by atoms with Crippen LogP contribution in [-0.4, -0.2) is 40.8 Å². The van der Waals surface area contributed by atoms with Crippen LogP contribution in [0.3, 0.4) is 0 Å². The van der Waals surface area contributed by atoms with Crippen molar-refractivity contribution in [2.45, 2.75) is 19.9 Å². The fourth-order valence-corrected chi connectivity index (χ4v) is 3.73. The zero-order chi connectivity index (χ0) is 24.5. The van der Waals surface area contributed by atoms with Crippen LogP contribution in [0.25, 0.3) is 11.5 Å². The number of hydrogen-bond acceptors (Lipinski definition) is 6. The maximum Gasteiger partial charge on any atom is 0.258 e. The number of hydrogen-bond donors (Lipinski definition) is 0. The zero-order valence-corrected chi connectivity index (χ0v) is 20.1. The monoisotopic (exact) mass is 491 g/mol. The second-order valence-corrected chi connectivity index (χ2v) is 8.12. The second kappa shape index (κ2) is 12.0. The molecule has 4 rings (SSSR count). The Bertz CT molecular complexity index is 1250. The summed E-state index contributed by atoms with van der Waals surface area (Å²) in [4.78, 5) is 15.1. The van der Waals surface area contributed by atoms with Crippen LogP contribution in [0, 0.1) is 0 Å². The molecule has 0 saturated heterocycles. The number of amides is 1. The van der Waals surface area contributed by atoms with Gasteiger partial charge in [-0.25, -0.2) is 0 Å². The first-order chi connectivity index (χ1) is 17.2. The van der Waals surface area contributed by atoms with Gasteiger partial charge in [0.2, 0.25) is 11.8 Å². The number of nitrogens with zero attached hydrogens (tertiary/aromatic N) is 3. The first kappa shape index (κ1) is 24.3. The van der Waals surface area contributed by atoms with Crippen LogP contribution in [0.2, 0.25) is 5.02 Å². The van der Waals surface area contributed by atoms with Gasteiger partial charge in [-0.15, -0.1) is 10.2 Å². The van der Waals surface area contributed by atoms with Crippen molar-refractivity contribution in [3.63, 3.8) is 0 Å². The predicted molar refractivity (Wildman–Crippen MR) is 134 cm³/mol. The highest BCUT2D eigenvalue weighted by molar-refractivity contribution is 6.33. The van der Waals surface area contributed by atoms with E-state index in [1.54, 1.807) is 23.1 Å². The Kier molecular flexibility index (Phi) is 8.35. The minimum Gasteiger partial charge on any atom is -0.490 e. The van der Waals surface area contributed by atoms with Crippen molar-refractivity contribution >= 4 is 17.5 Å². The number of rotatable bonds is 11. The molecule has 0 saturated carbocycles. The minimum absolute atomic E-state index is 0.176. The summed E-state index contributed by atoms with van der Waals surface area (Å²) in [6.07, 6.45) is 0.769. The molecular formula is C27H26ClN3O4. The van der Waals surface area contributed by atoms with E-state index in [1.807, 2.05) is 67.6 Å². The van der Waals surface area contributed by atoms with Gasteiger partial charge in [-0.2, -0.15) is 0 Å². The lowest BCUT2D eigenvalue weighted by molar-refractivity contribution is 0.0723. The van der Waals surface area contributed by atoms with Crippen molar-refractivity contribution < 1.29 is 18.7 Å². The number of para-hydroxylation sites is 2. The fraction of sp³-hybridized carbons (Fsp3) is 0.222. The molecule has 0 N–H and O–H groups in total. The Morgan fingerprint density at radius 3 is 2.43 bits per heavy atom. The van der Waals surface area contributed by atoms with Crippen molar-refractivity contribution in [3.8, 4) is 23.0 Å². The van der Waals surface area contributed by atoms with E-state index in [-0.39, 0.29) is 12.5 Å². The van der Waals surface area contributed by atoms with E-state index in [4.69, 9.17) is 25.5 Å². The molecule has 180 valence electrons. The Morgan fingerprint density at radius 1 is 0.914 bits per heavy atom. The normalized spacial score (nSPS) is 10.7. The summed E-state index contributed by atoms with van der Waals surface area (Å²) >= 11 is 6.24. The Labute approximate surface area is 209 Å². The lowest BCUT2D eigenvalue weighted by atomic mass is 10.1. The van der Waals surface area contributed by atoms with E-state index in [2.05, 4.69) is 10.2 Å². The maximum absolute atomic E-state index is 13.4. The van der Waals surface area contributed by atoms with Crippen LogP contribution in [0.1, 0.15) is 29.6 Å². The Hall–Kier alpha value is -3.84. The van der Waals surface area contributed by atoms with E-state index in [0.717, 1.165) is 12.2 Å².